The Hall–Kier alpha value is -4.11. The molecular weight excluding hydrogens is 447 g/mol. The molecule has 0 fully saturated rings. The molecule has 0 aliphatic heterocycles. The molecule has 3 heterocycles. The van der Waals surface area contributed by atoms with Crippen LogP contribution >= 0.6 is 11.6 Å². The largest absolute Gasteiger partial charge is 0.299 e. The van der Waals surface area contributed by atoms with Crippen molar-refractivity contribution in [2.75, 3.05) is 5.43 Å². The number of nitrogens with zero attached hydrogens (tertiary/aromatic N) is 5. The Morgan fingerprint density at radius 1 is 1.06 bits per heavy atom. The molecule has 0 bridgehead atoms. The van der Waals surface area contributed by atoms with Crippen LogP contribution < -0.4 is 11.0 Å². The third kappa shape index (κ3) is 3.62. The molecule has 1 amide bonds. The number of hydrogen-bond acceptors (Lipinski definition) is 5. The molecule has 5 rings (SSSR count). The molecule has 8 nitrogen and oxygen atoms in total. The molecule has 0 unspecified atom stereocenters. The van der Waals surface area contributed by atoms with Gasteiger partial charge in [0.05, 0.1) is 11.3 Å². The maximum absolute atomic E-state index is 13.4. The number of fused-ring (bicyclic) bond motifs is 3. The summed E-state index contributed by atoms with van der Waals surface area (Å²) in [5, 5.41) is 13.5. The van der Waals surface area contributed by atoms with Crippen molar-refractivity contribution in [1.29, 1.82) is 0 Å². The van der Waals surface area contributed by atoms with Crippen LogP contribution in [0.5, 0.6) is 0 Å². The Morgan fingerprint density at radius 2 is 1.79 bits per heavy atom. The summed E-state index contributed by atoms with van der Waals surface area (Å²) in [6.45, 7) is 1.95. The molecule has 2 aromatic carbocycles. The first-order valence-corrected chi connectivity index (χ1v) is 10.5. The van der Waals surface area contributed by atoms with Crippen LogP contribution in [-0.2, 0) is 6.42 Å². The van der Waals surface area contributed by atoms with Crippen molar-refractivity contribution in [2.45, 2.75) is 13.3 Å². The lowest BCUT2D eigenvalue weighted by molar-refractivity contribution is 0.101. The van der Waals surface area contributed by atoms with Crippen molar-refractivity contribution in [3.05, 3.63) is 93.2 Å². The first-order valence-electron chi connectivity index (χ1n) is 10.1. The van der Waals surface area contributed by atoms with Gasteiger partial charge in [-0.05, 0) is 54.4 Å². The van der Waals surface area contributed by atoms with Gasteiger partial charge in [0.25, 0.3) is 11.5 Å². The molecule has 1 N–H and O–H groups in total. The van der Waals surface area contributed by atoms with Gasteiger partial charge in [-0.3, -0.25) is 15.0 Å². The molecule has 0 atom stereocenters. The first-order chi connectivity index (χ1) is 16.0. The summed E-state index contributed by atoms with van der Waals surface area (Å²) in [6.07, 6.45) is 2.04. The van der Waals surface area contributed by atoms with E-state index in [0.717, 1.165) is 21.5 Å². The minimum absolute atomic E-state index is 0.0391. The van der Waals surface area contributed by atoms with Crippen molar-refractivity contribution in [2.24, 2.45) is 0 Å². The standard InChI is InChI=1S/C23H16ClFN6O2/c1-2-17-19(13-5-9-16(25)10-6-13)21-27-26-20-18(31(21)28-17)11-12-30(23(20)33)29-22(32)14-3-7-15(24)8-4-14/h3-12H,2H2,1H3,(H,29,32). The Kier molecular flexibility index (Phi) is 5.10. The average molecular weight is 463 g/mol. The van der Waals surface area contributed by atoms with Crippen LogP contribution in [0.3, 0.4) is 0 Å². The predicted molar refractivity (Wildman–Crippen MR) is 122 cm³/mol. The van der Waals surface area contributed by atoms with Crippen molar-refractivity contribution in [3.8, 4) is 11.1 Å². The number of benzene rings is 2. The number of amides is 1. The van der Waals surface area contributed by atoms with E-state index in [0.29, 0.717) is 28.2 Å². The molecule has 33 heavy (non-hydrogen) atoms. The van der Waals surface area contributed by atoms with E-state index in [-0.39, 0.29) is 11.3 Å². The lowest BCUT2D eigenvalue weighted by atomic mass is 10.0. The van der Waals surface area contributed by atoms with Gasteiger partial charge in [0.15, 0.2) is 11.2 Å². The van der Waals surface area contributed by atoms with Gasteiger partial charge < -0.3 is 0 Å². The fraction of sp³-hybridized carbons (Fsp3) is 0.0870. The minimum Gasteiger partial charge on any atom is -0.267 e. The number of halogens is 2. The van der Waals surface area contributed by atoms with Gasteiger partial charge in [0, 0.05) is 16.8 Å². The van der Waals surface area contributed by atoms with Crippen molar-refractivity contribution in [1.82, 2.24) is 24.5 Å². The van der Waals surface area contributed by atoms with Gasteiger partial charge in [0.1, 0.15) is 11.3 Å². The number of aryl methyl sites for hydroxylation is 1. The highest BCUT2D eigenvalue weighted by atomic mass is 35.5. The summed E-state index contributed by atoms with van der Waals surface area (Å²) < 4.78 is 16.0. The first kappa shape index (κ1) is 20.8. The zero-order valence-corrected chi connectivity index (χ0v) is 18.0. The Balaban J connectivity index is 1.61. The van der Waals surface area contributed by atoms with E-state index >= 15 is 0 Å². The third-order valence-corrected chi connectivity index (χ3v) is 5.50. The van der Waals surface area contributed by atoms with E-state index in [4.69, 9.17) is 11.6 Å². The highest BCUT2D eigenvalue weighted by molar-refractivity contribution is 6.30. The number of carbonyl (C=O) groups is 1. The summed E-state index contributed by atoms with van der Waals surface area (Å²) in [6, 6.07) is 14.0. The number of pyridine rings is 1. The highest BCUT2D eigenvalue weighted by Crippen LogP contribution is 2.29. The number of rotatable bonds is 4. The fourth-order valence-electron chi connectivity index (χ4n) is 3.61. The van der Waals surface area contributed by atoms with Crippen LogP contribution in [-0.4, -0.2) is 30.4 Å². The van der Waals surface area contributed by atoms with Crippen LogP contribution in [0.25, 0.3) is 27.8 Å². The number of nitrogens with one attached hydrogen (secondary N) is 1. The highest BCUT2D eigenvalue weighted by Gasteiger charge is 2.19. The van der Waals surface area contributed by atoms with E-state index in [1.54, 1.807) is 47.0 Å². The van der Waals surface area contributed by atoms with Gasteiger partial charge in [-0.2, -0.15) is 5.10 Å². The second-order valence-corrected chi connectivity index (χ2v) is 7.73. The van der Waals surface area contributed by atoms with Gasteiger partial charge in [-0.15, -0.1) is 10.2 Å². The molecule has 0 saturated heterocycles. The number of aromatic nitrogens is 5. The lowest BCUT2D eigenvalue weighted by Gasteiger charge is -2.09. The molecule has 0 aliphatic carbocycles. The van der Waals surface area contributed by atoms with Crippen molar-refractivity contribution < 1.29 is 9.18 Å². The van der Waals surface area contributed by atoms with Crippen LogP contribution in [0.2, 0.25) is 5.02 Å². The smallest absolute Gasteiger partial charge is 0.267 e. The fourth-order valence-corrected chi connectivity index (χ4v) is 3.74. The Labute approximate surface area is 191 Å². The van der Waals surface area contributed by atoms with Gasteiger partial charge in [-0.1, -0.05) is 30.7 Å². The van der Waals surface area contributed by atoms with Crippen molar-refractivity contribution >= 4 is 34.2 Å². The minimum atomic E-state index is -0.555. The maximum atomic E-state index is 13.4. The van der Waals surface area contributed by atoms with E-state index < -0.39 is 11.5 Å². The van der Waals surface area contributed by atoms with Crippen LogP contribution in [0.15, 0.2) is 65.6 Å². The zero-order chi connectivity index (χ0) is 23.1. The summed E-state index contributed by atoms with van der Waals surface area (Å²) in [7, 11) is 0. The quantitative estimate of drug-likeness (QED) is 0.438. The number of hydrogen-bond donors (Lipinski definition) is 1. The Bertz CT molecular complexity index is 1580. The second kappa shape index (κ2) is 8.10. The Morgan fingerprint density at radius 3 is 2.48 bits per heavy atom. The summed E-state index contributed by atoms with van der Waals surface area (Å²) >= 11 is 5.86. The van der Waals surface area contributed by atoms with Crippen molar-refractivity contribution in [3.63, 3.8) is 0 Å². The lowest BCUT2D eigenvalue weighted by Crippen LogP contribution is -2.33. The van der Waals surface area contributed by atoms with E-state index in [1.807, 2.05) is 6.92 Å². The molecule has 0 aliphatic rings. The summed E-state index contributed by atoms with van der Waals surface area (Å²) in [4.78, 5) is 25.5. The molecule has 5 aromatic rings. The molecular formula is C23H16ClFN6O2. The SMILES string of the molecule is CCc1nn2c(nnc3c(=O)n(NC(=O)c4ccc(Cl)cc4)ccc32)c1-c1ccc(F)cc1. The topological polar surface area (TPSA) is 94.2 Å². The van der Waals surface area contributed by atoms with E-state index in [1.165, 1.54) is 18.3 Å². The monoisotopic (exact) mass is 462 g/mol. The summed E-state index contributed by atoms with van der Waals surface area (Å²) in [5.74, 6) is -0.820. The van der Waals surface area contributed by atoms with Crippen LogP contribution in [0.4, 0.5) is 4.39 Å². The summed E-state index contributed by atoms with van der Waals surface area (Å²) in [5.41, 5.74) is 5.47. The average Bonchev–Trinajstić information content (AvgIpc) is 3.21. The van der Waals surface area contributed by atoms with Gasteiger partial charge in [0.2, 0.25) is 0 Å². The third-order valence-electron chi connectivity index (χ3n) is 5.25. The van der Waals surface area contributed by atoms with Gasteiger partial charge >= 0.3 is 0 Å². The molecule has 164 valence electrons. The molecule has 0 saturated carbocycles. The molecule has 0 spiro atoms. The predicted octanol–water partition coefficient (Wildman–Crippen LogP) is 3.85. The molecule has 0 radical (unpaired) electrons. The van der Waals surface area contributed by atoms with E-state index in [2.05, 4.69) is 20.7 Å². The molecule has 3 aromatic heterocycles. The normalized spacial score (nSPS) is 11.2. The van der Waals surface area contributed by atoms with Crippen LogP contribution in [0, 0.1) is 5.82 Å². The molecule has 10 heteroatoms. The second-order valence-electron chi connectivity index (χ2n) is 7.29. The van der Waals surface area contributed by atoms with E-state index in [9.17, 15) is 14.0 Å². The zero-order valence-electron chi connectivity index (χ0n) is 17.3. The van der Waals surface area contributed by atoms with Crippen LogP contribution in [0.1, 0.15) is 23.0 Å². The number of carbonyl (C=O) groups excluding carboxylic acids is 1. The maximum Gasteiger partial charge on any atom is 0.299 e. The van der Waals surface area contributed by atoms with Gasteiger partial charge in [-0.25, -0.2) is 13.6 Å².